The van der Waals surface area contributed by atoms with Crippen molar-refractivity contribution >= 4 is 39.1 Å². The van der Waals surface area contributed by atoms with Crippen LogP contribution in [0.3, 0.4) is 0 Å². The zero-order valence-corrected chi connectivity index (χ0v) is 14.3. The normalized spacial score (nSPS) is 9.77. The molecule has 0 bridgehead atoms. The summed E-state index contributed by atoms with van der Waals surface area (Å²) in [5.41, 5.74) is 1.62. The van der Waals surface area contributed by atoms with Gasteiger partial charge < -0.3 is 5.11 Å². The van der Waals surface area contributed by atoms with Crippen LogP contribution < -0.4 is 0 Å². The van der Waals surface area contributed by atoms with E-state index in [0.717, 1.165) is 15.6 Å². The number of phenolic OH excluding ortho intramolecular Hbond substituents is 1. The number of hydrogen-bond donors (Lipinski definition) is 1. The fourth-order valence-electron chi connectivity index (χ4n) is 1.67. The largest absolute Gasteiger partial charge is 0.507 e. The van der Waals surface area contributed by atoms with E-state index in [-0.39, 0.29) is 5.75 Å². The molecular weight excluding hydrogens is 387 g/mol. The van der Waals surface area contributed by atoms with Crippen molar-refractivity contribution in [3.05, 3.63) is 75.7 Å². The van der Waals surface area contributed by atoms with Gasteiger partial charge in [0.05, 0.1) is 0 Å². The minimum absolute atomic E-state index is 0.245. The van der Waals surface area contributed by atoms with Gasteiger partial charge in [-0.05, 0) is 35.9 Å². The standard InChI is InChI=1S/C11H8ClNO.C5H3BrClN/c12-11-7-8(5-6-13-11)9-3-1-2-4-10(9)14;6-4-1-2-8-5(7)3-4/h1-7,14H;1-3H. The van der Waals surface area contributed by atoms with Crippen LogP contribution in [-0.4, -0.2) is 15.1 Å². The number of phenols is 1. The number of rotatable bonds is 1. The maximum atomic E-state index is 9.59. The smallest absolute Gasteiger partial charge is 0.130 e. The summed E-state index contributed by atoms with van der Waals surface area (Å²) >= 11 is 14.5. The molecule has 0 aliphatic rings. The number of para-hydroxylation sites is 1. The number of benzene rings is 1. The van der Waals surface area contributed by atoms with Crippen LogP contribution in [0.2, 0.25) is 10.3 Å². The summed E-state index contributed by atoms with van der Waals surface area (Å²) in [6.07, 6.45) is 3.26. The van der Waals surface area contributed by atoms with Gasteiger partial charge in [-0.2, -0.15) is 0 Å². The first-order chi connectivity index (χ1) is 10.6. The van der Waals surface area contributed by atoms with Gasteiger partial charge in [0.2, 0.25) is 0 Å². The predicted octanol–water partition coefficient (Wildman–Crippen LogP) is 5.61. The topological polar surface area (TPSA) is 46.0 Å². The maximum absolute atomic E-state index is 9.59. The molecule has 0 saturated carbocycles. The highest BCUT2D eigenvalue weighted by molar-refractivity contribution is 9.10. The molecule has 3 nitrogen and oxygen atoms in total. The first-order valence-corrected chi connectivity index (χ1v) is 7.78. The number of aromatic nitrogens is 2. The zero-order valence-electron chi connectivity index (χ0n) is 11.2. The quantitative estimate of drug-likeness (QED) is 0.543. The van der Waals surface area contributed by atoms with E-state index in [0.29, 0.717) is 10.3 Å². The van der Waals surface area contributed by atoms with Crippen LogP contribution in [0, 0.1) is 0 Å². The molecule has 0 atom stereocenters. The Morgan fingerprint density at radius 2 is 1.50 bits per heavy atom. The minimum atomic E-state index is 0.245. The van der Waals surface area contributed by atoms with Gasteiger partial charge in [0, 0.05) is 22.4 Å². The Morgan fingerprint density at radius 1 is 0.864 bits per heavy atom. The lowest BCUT2D eigenvalue weighted by atomic mass is 10.1. The molecule has 1 N–H and O–H groups in total. The molecule has 112 valence electrons. The number of halogens is 3. The van der Waals surface area contributed by atoms with Gasteiger partial charge in [-0.25, -0.2) is 9.97 Å². The monoisotopic (exact) mass is 396 g/mol. The van der Waals surface area contributed by atoms with Gasteiger partial charge in [0.15, 0.2) is 0 Å². The van der Waals surface area contributed by atoms with E-state index < -0.39 is 0 Å². The fourth-order valence-corrected chi connectivity index (χ4v) is 2.48. The first kappa shape index (κ1) is 16.7. The highest BCUT2D eigenvalue weighted by Gasteiger charge is 2.03. The lowest BCUT2D eigenvalue weighted by Gasteiger charge is -2.03. The van der Waals surface area contributed by atoms with Crippen LogP contribution in [0.4, 0.5) is 0 Å². The molecule has 0 aliphatic carbocycles. The van der Waals surface area contributed by atoms with Gasteiger partial charge in [0.25, 0.3) is 0 Å². The van der Waals surface area contributed by atoms with Gasteiger partial charge >= 0.3 is 0 Å². The first-order valence-electron chi connectivity index (χ1n) is 6.23. The van der Waals surface area contributed by atoms with Gasteiger partial charge in [-0.15, -0.1) is 0 Å². The van der Waals surface area contributed by atoms with E-state index in [4.69, 9.17) is 23.2 Å². The molecule has 0 spiro atoms. The van der Waals surface area contributed by atoms with Crippen LogP contribution in [0.15, 0.2) is 65.4 Å². The molecule has 0 aliphatic heterocycles. The Bertz CT molecular complexity index is 751. The van der Waals surface area contributed by atoms with Crippen molar-refractivity contribution in [2.45, 2.75) is 0 Å². The van der Waals surface area contributed by atoms with Gasteiger partial charge in [-0.1, -0.05) is 57.3 Å². The van der Waals surface area contributed by atoms with E-state index in [1.807, 2.05) is 18.2 Å². The Balaban J connectivity index is 0.000000188. The number of pyridine rings is 2. The molecular formula is C16H11BrCl2N2O. The average molecular weight is 398 g/mol. The Morgan fingerprint density at radius 3 is 2.05 bits per heavy atom. The van der Waals surface area contributed by atoms with Crippen LogP contribution >= 0.6 is 39.1 Å². The van der Waals surface area contributed by atoms with Crippen molar-refractivity contribution in [3.8, 4) is 16.9 Å². The van der Waals surface area contributed by atoms with Gasteiger partial charge in [0.1, 0.15) is 16.1 Å². The number of hydrogen-bond acceptors (Lipinski definition) is 3. The van der Waals surface area contributed by atoms with Crippen molar-refractivity contribution < 1.29 is 5.11 Å². The van der Waals surface area contributed by atoms with Crippen LogP contribution in [0.25, 0.3) is 11.1 Å². The summed E-state index contributed by atoms with van der Waals surface area (Å²) in [6, 6.07) is 14.2. The van der Waals surface area contributed by atoms with E-state index >= 15 is 0 Å². The second-order valence-electron chi connectivity index (χ2n) is 4.18. The van der Waals surface area contributed by atoms with E-state index in [1.54, 1.807) is 42.7 Å². The van der Waals surface area contributed by atoms with E-state index in [2.05, 4.69) is 25.9 Å². The maximum Gasteiger partial charge on any atom is 0.130 e. The molecule has 2 heterocycles. The number of aromatic hydroxyl groups is 1. The van der Waals surface area contributed by atoms with Crippen molar-refractivity contribution in [2.24, 2.45) is 0 Å². The summed E-state index contributed by atoms with van der Waals surface area (Å²) in [4.78, 5) is 7.65. The van der Waals surface area contributed by atoms with Gasteiger partial charge in [-0.3, -0.25) is 0 Å². The van der Waals surface area contributed by atoms with Crippen molar-refractivity contribution in [2.75, 3.05) is 0 Å². The molecule has 3 aromatic rings. The molecule has 3 rings (SSSR count). The summed E-state index contributed by atoms with van der Waals surface area (Å²) in [5, 5.41) is 10.5. The Kier molecular flexibility index (Phi) is 6.19. The third kappa shape index (κ3) is 4.98. The van der Waals surface area contributed by atoms with Crippen LogP contribution in [-0.2, 0) is 0 Å². The second-order valence-corrected chi connectivity index (χ2v) is 5.87. The van der Waals surface area contributed by atoms with Crippen molar-refractivity contribution in [1.82, 2.24) is 9.97 Å². The highest BCUT2D eigenvalue weighted by Crippen LogP contribution is 2.29. The lowest BCUT2D eigenvalue weighted by molar-refractivity contribution is 0.477. The molecule has 22 heavy (non-hydrogen) atoms. The lowest BCUT2D eigenvalue weighted by Crippen LogP contribution is -1.80. The number of nitrogens with zero attached hydrogens (tertiary/aromatic N) is 2. The molecule has 6 heteroatoms. The Hall–Kier alpha value is -1.62. The van der Waals surface area contributed by atoms with E-state index in [9.17, 15) is 5.11 Å². The summed E-state index contributed by atoms with van der Waals surface area (Å²) in [6.45, 7) is 0. The third-order valence-electron chi connectivity index (χ3n) is 2.63. The Labute approximate surface area is 146 Å². The zero-order chi connectivity index (χ0) is 15.9. The SMILES string of the molecule is Clc1cc(Br)ccn1.Oc1ccccc1-c1ccnc(Cl)c1. The van der Waals surface area contributed by atoms with Crippen molar-refractivity contribution in [3.63, 3.8) is 0 Å². The highest BCUT2D eigenvalue weighted by atomic mass is 79.9. The molecule has 0 amide bonds. The molecule has 0 fully saturated rings. The molecule has 0 saturated heterocycles. The molecule has 0 unspecified atom stereocenters. The molecule has 2 aromatic heterocycles. The summed E-state index contributed by atoms with van der Waals surface area (Å²) in [7, 11) is 0. The van der Waals surface area contributed by atoms with E-state index in [1.165, 1.54) is 0 Å². The second kappa shape index (κ2) is 8.13. The summed E-state index contributed by atoms with van der Waals surface area (Å²) in [5.74, 6) is 0.245. The average Bonchev–Trinajstić information content (AvgIpc) is 2.48. The predicted molar refractivity (Wildman–Crippen MR) is 93.3 cm³/mol. The third-order valence-corrected chi connectivity index (χ3v) is 3.54. The van der Waals surface area contributed by atoms with Crippen LogP contribution in [0.1, 0.15) is 0 Å². The fraction of sp³-hybridized carbons (Fsp3) is 0. The summed E-state index contributed by atoms with van der Waals surface area (Å²) < 4.78 is 0.956. The molecule has 0 radical (unpaired) electrons. The van der Waals surface area contributed by atoms with Crippen molar-refractivity contribution in [1.29, 1.82) is 0 Å². The molecule has 1 aromatic carbocycles. The van der Waals surface area contributed by atoms with Crippen LogP contribution in [0.5, 0.6) is 5.75 Å². The minimum Gasteiger partial charge on any atom is -0.507 e.